The third-order valence-corrected chi connectivity index (χ3v) is 5.95. The molecule has 214 valence electrons. The topological polar surface area (TPSA) is 65.1 Å². The fourth-order valence-electron chi connectivity index (χ4n) is 3.92. The number of carbonyl (C=O) groups excluding carboxylic acids is 2. The molecular weight excluding hydrogens is 521 g/mol. The van der Waals surface area contributed by atoms with Gasteiger partial charge in [0.05, 0.1) is 7.11 Å². The van der Waals surface area contributed by atoms with Crippen molar-refractivity contribution in [2.75, 3.05) is 18.6 Å². The molecule has 0 aliphatic carbocycles. The molecule has 1 aliphatic heterocycles. The van der Waals surface area contributed by atoms with Gasteiger partial charge in [0.1, 0.15) is 36.6 Å². The Bertz CT molecular complexity index is 1380. The molecule has 7 heteroatoms. The molecule has 0 bridgehead atoms. The quantitative estimate of drug-likeness (QED) is 0.185. The zero-order valence-corrected chi connectivity index (χ0v) is 22.6. The van der Waals surface area contributed by atoms with Gasteiger partial charge in [-0.25, -0.2) is 9.18 Å². The van der Waals surface area contributed by atoms with Crippen molar-refractivity contribution >= 4 is 17.6 Å². The molecule has 0 saturated carbocycles. The van der Waals surface area contributed by atoms with E-state index in [1.165, 1.54) is 12.2 Å². The molecule has 0 aromatic heterocycles. The predicted octanol–water partition coefficient (Wildman–Crippen LogP) is 8.34. The second kappa shape index (κ2) is 16.3. The summed E-state index contributed by atoms with van der Waals surface area (Å²) in [6.45, 7) is 8.73. The van der Waals surface area contributed by atoms with E-state index in [0.717, 1.165) is 22.9 Å². The number of nitrogens with zero attached hydrogens (tertiary/aromatic N) is 1. The van der Waals surface area contributed by atoms with Gasteiger partial charge in [-0.2, -0.15) is 0 Å². The number of benzene rings is 3. The van der Waals surface area contributed by atoms with E-state index in [0.29, 0.717) is 23.7 Å². The zero-order chi connectivity index (χ0) is 28.9. The number of ketones is 1. The minimum atomic E-state index is -0.578. The number of para-hydroxylation sites is 1. The van der Waals surface area contributed by atoms with Gasteiger partial charge in [0.2, 0.25) is 0 Å². The summed E-state index contributed by atoms with van der Waals surface area (Å²) in [6.07, 6.45) is 4.91. The number of methoxy groups -OCH3 is 1. The van der Waals surface area contributed by atoms with E-state index in [9.17, 15) is 14.0 Å². The van der Waals surface area contributed by atoms with Gasteiger partial charge in [0, 0.05) is 22.9 Å². The fraction of sp³-hybridized carbons (Fsp3) is 0.176. The molecule has 4 rings (SSSR count). The molecule has 1 fully saturated rings. The number of hydrogen-bond acceptors (Lipinski definition) is 5. The van der Waals surface area contributed by atoms with Crippen molar-refractivity contribution in [1.29, 1.82) is 0 Å². The predicted molar refractivity (Wildman–Crippen MR) is 162 cm³/mol. The molecule has 3 aromatic rings. The van der Waals surface area contributed by atoms with Gasteiger partial charge in [-0.15, -0.1) is 0 Å². The normalized spacial score (nSPS) is 14.3. The highest BCUT2D eigenvalue weighted by Crippen LogP contribution is 2.39. The average molecular weight is 558 g/mol. The van der Waals surface area contributed by atoms with Crippen LogP contribution in [0.1, 0.15) is 31.5 Å². The highest BCUT2D eigenvalue weighted by atomic mass is 19.1. The van der Waals surface area contributed by atoms with E-state index in [4.69, 9.17) is 14.2 Å². The van der Waals surface area contributed by atoms with Crippen LogP contribution in [-0.2, 0) is 16.1 Å². The Balaban J connectivity index is 0.000000387. The molecule has 41 heavy (non-hydrogen) atoms. The van der Waals surface area contributed by atoms with Crippen molar-refractivity contribution in [2.24, 2.45) is 0 Å². The van der Waals surface area contributed by atoms with Gasteiger partial charge in [-0.05, 0) is 55.0 Å². The number of anilines is 1. The smallest absolute Gasteiger partial charge is 0.415 e. The highest BCUT2D eigenvalue weighted by Gasteiger charge is 2.37. The molecular formula is C34H36FNO5. The first kappa shape index (κ1) is 32.3. The Labute approximate surface area is 241 Å². The van der Waals surface area contributed by atoms with Crippen molar-refractivity contribution in [1.82, 2.24) is 0 Å². The second-order valence-electron chi connectivity index (χ2n) is 8.57. The molecule has 1 saturated heterocycles. The second-order valence-corrected chi connectivity index (χ2v) is 8.57. The van der Waals surface area contributed by atoms with E-state index >= 15 is 0 Å². The maximum Gasteiger partial charge on any atom is 0.415 e. The number of ether oxygens (including phenoxy) is 3. The summed E-state index contributed by atoms with van der Waals surface area (Å²) < 4.78 is 29.0. The van der Waals surface area contributed by atoms with E-state index in [1.807, 2.05) is 78.9 Å². The Morgan fingerprint density at radius 2 is 1.73 bits per heavy atom. The summed E-state index contributed by atoms with van der Waals surface area (Å²) in [5.41, 5.74) is 3.14. The lowest BCUT2D eigenvalue weighted by atomic mass is 10.0. The van der Waals surface area contributed by atoms with Crippen molar-refractivity contribution in [3.05, 3.63) is 139 Å². The lowest BCUT2D eigenvalue weighted by molar-refractivity contribution is -0.111. The van der Waals surface area contributed by atoms with Crippen LogP contribution in [0.2, 0.25) is 0 Å². The van der Waals surface area contributed by atoms with E-state index in [-0.39, 0.29) is 32.0 Å². The SMILES string of the molecule is C.C=CC(=O)C(/C=C\C(=C)F)=C/C.COc1ccc(C2COC(=O)N2c2ccccc2)c(OCc2ccccc2)c1. The van der Waals surface area contributed by atoms with Crippen LogP contribution in [0.3, 0.4) is 0 Å². The highest BCUT2D eigenvalue weighted by molar-refractivity contribution is 6.05. The van der Waals surface area contributed by atoms with Crippen LogP contribution in [0.4, 0.5) is 14.9 Å². The average Bonchev–Trinajstić information content (AvgIpc) is 3.38. The summed E-state index contributed by atoms with van der Waals surface area (Å²) in [5.74, 6) is 0.567. The van der Waals surface area contributed by atoms with E-state index < -0.39 is 5.83 Å². The Hall–Kier alpha value is -4.91. The molecule has 1 heterocycles. The van der Waals surface area contributed by atoms with Crippen LogP contribution in [0.5, 0.6) is 11.5 Å². The summed E-state index contributed by atoms with van der Waals surface area (Å²) in [7, 11) is 1.62. The van der Waals surface area contributed by atoms with Gasteiger partial charge >= 0.3 is 6.09 Å². The van der Waals surface area contributed by atoms with E-state index in [2.05, 4.69) is 13.2 Å². The Morgan fingerprint density at radius 1 is 1.07 bits per heavy atom. The molecule has 1 unspecified atom stereocenters. The summed E-state index contributed by atoms with van der Waals surface area (Å²) >= 11 is 0. The number of carbonyl (C=O) groups is 2. The molecule has 0 radical (unpaired) electrons. The van der Waals surface area contributed by atoms with Crippen LogP contribution in [-0.4, -0.2) is 25.6 Å². The first-order chi connectivity index (χ1) is 19.4. The molecule has 1 amide bonds. The maximum atomic E-state index is 12.4. The van der Waals surface area contributed by atoms with Gasteiger partial charge in [0.25, 0.3) is 0 Å². The number of hydrogen-bond donors (Lipinski definition) is 0. The number of rotatable bonds is 10. The minimum Gasteiger partial charge on any atom is -0.497 e. The molecule has 0 spiro atoms. The van der Waals surface area contributed by atoms with Crippen molar-refractivity contribution in [3.8, 4) is 11.5 Å². The molecule has 1 atom stereocenters. The first-order valence-corrected chi connectivity index (χ1v) is 12.6. The number of allylic oxidation sites excluding steroid dienone is 6. The Kier molecular flexibility index (Phi) is 12.8. The number of amides is 1. The standard InChI is InChI=1S/C23H21NO4.C10H11FO.CH4/c1-26-19-12-13-20(22(14-19)27-15-17-8-4-2-5-9-17)21-16-28-23(25)24(21)18-10-6-3-7-11-18;1-4-9(10(12)5-2)7-6-8(3)11;/h2-14,21H,15-16H2,1H3;4-7H,2-3H2,1H3;1H4/b;7-6-,9-4+;. The summed E-state index contributed by atoms with van der Waals surface area (Å²) in [4.78, 5) is 25.0. The van der Waals surface area contributed by atoms with Gasteiger partial charge < -0.3 is 14.2 Å². The third kappa shape index (κ3) is 9.07. The van der Waals surface area contributed by atoms with Crippen molar-refractivity contribution < 1.29 is 28.2 Å². The first-order valence-electron chi connectivity index (χ1n) is 12.6. The molecule has 6 nitrogen and oxygen atoms in total. The Morgan fingerprint density at radius 3 is 2.32 bits per heavy atom. The number of cyclic esters (lactones) is 1. The largest absolute Gasteiger partial charge is 0.497 e. The maximum absolute atomic E-state index is 12.4. The van der Waals surface area contributed by atoms with Crippen LogP contribution < -0.4 is 14.4 Å². The lowest BCUT2D eigenvalue weighted by Gasteiger charge is -2.24. The summed E-state index contributed by atoms with van der Waals surface area (Å²) in [5, 5.41) is 0. The number of halogens is 1. The van der Waals surface area contributed by atoms with Crippen LogP contribution in [0.15, 0.2) is 128 Å². The van der Waals surface area contributed by atoms with Crippen LogP contribution in [0.25, 0.3) is 0 Å². The minimum absolute atomic E-state index is 0. The fourth-order valence-corrected chi connectivity index (χ4v) is 3.92. The van der Waals surface area contributed by atoms with Crippen molar-refractivity contribution in [3.63, 3.8) is 0 Å². The van der Waals surface area contributed by atoms with Gasteiger partial charge in [-0.3, -0.25) is 9.69 Å². The van der Waals surface area contributed by atoms with Crippen LogP contribution in [0, 0.1) is 0 Å². The molecule has 3 aromatic carbocycles. The van der Waals surface area contributed by atoms with Crippen LogP contribution >= 0.6 is 0 Å². The summed E-state index contributed by atoms with van der Waals surface area (Å²) in [6, 6.07) is 24.9. The molecule has 0 N–H and O–H groups in total. The molecule has 1 aliphatic rings. The van der Waals surface area contributed by atoms with Gasteiger partial charge in [0.15, 0.2) is 5.78 Å². The van der Waals surface area contributed by atoms with E-state index in [1.54, 1.807) is 25.0 Å². The zero-order valence-electron chi connectivity index (χ0n) is 22.6. The lowest BCUT2D eigenvalue weighted by Crippen LogP contribution is -2.27. The third-order valence-electron chi connectivity index (χ3n) is 5.95. The van der Waals surface area contributed by atoms with Crippen molar-refractivity contribution in [2.45, 2.75) is 27.0 Å². The van der Waals surface area contributed by atoms with Gasteiger partial charge in [-0.1, -0.05) is 75.2 Å². The monoisotopic (exact) mass is 557 g/mol.